The van der Waals surface area contributed by atoms with Crippen molar-refractivity contribution >= 4 is 24.5 Å². The maximum absolute atomic E-state index is 12.7. The third-order valence-electron chi connectivity index (χ3n) is 4.23. The minimum atomic E-state index is -1.00. The van der Waals surface area contributed by atoms with Crippen LogP contribution >= 0.6 is 0 Å². The van der Waals surface area contributed by atoms with Gasteiger partial charge in [0.25, 0.3) is 0 Å². The van der Waals surface area contributed by atoms with E-state index in [0.29, 0.717) is 11.9 Å². The van der Waals surface area contributed by atoms with Gasteiger partial charge in [-0.05, 0) is 26.0 Å². The second-order valence-corrected chi connectivity index (χ2v) is 6.29. The van der Waals surface area contributed by atoms with E-state index >= 15 is 0 Å². The van der Waals surface area contributed by atoms with Crippen molar-refractivity contribution in [3.8, 4) is 0 Å². The molecule has 0 N–H and O–H groups in total. The number of rotatable bonds is 3. The fourth-order valence-corrected chi connectivity index (χ4v) is 2.91. The molecule has 1 aliphatic heterocycles. The van der Waals surface area contributed by atoms with Crippen molar-refractivity contribution in [2.45, 2.75) is 19.4 Å². The third kappa shape index (κ3) is 4.28. The number of likely N-dealkylation sites (N-methyl/N-ethyl adjacent to an activating group) is 1. The smallest absolute Gasteiger partial charge is 0.494 e. The number of benzene rings is 2. The number of carbonyl (C=O) groups excluding carboxylic acids is 2. The van der Waals surface area contributed by atoms with E-state index in [2.05, 4.69) is 0 Å². The van der Waals surface area contributed by atoms with Crippen LogP contribution in [-0.4, -0.2) is 43.6 Å². The highest BCUT2D eigenvalue weighted by atomic mass is 16.6. The lowest BCUT2D eigenvalue weighted by atomic mass is 9.78. The summed E-state index contributed by atoms with van der Waals surface area (Å²) in [6.07, 6.45) is 0.478. The van der Waals surface area contributed by atoms with Crippen LogP contribution in [0.1, 0.15) is 11.1 Å². The van der Waals surface area contributed by atoms with E-state index in [9.17, 15) is 9.59 Å². The average molecular weight is 337 g/mol. The van der Waals surface area contributed by atoms with Crippen molar-refractivity contribution in [1.82, 2.24) is 4.90 Å². The molecule has 1 heterocycles. The largest absolute Gasteiger partial charge is 0.636 e. The number of nitrogens with zero attached hydrogens (tertiary/aromatic N) is 1. The molecule has 1 fully saturated rings. The molecular weight excluding hydrogens is 317 g/mol. The lowest BCUT2D eigenvalue weighted by molar-refractivity contribution is -0.149. The van der Waals surface area contributed by atoms with Gasteiger partial charge in [0, 0.05) is 5.46 Å². The van der Waals surface area contributed by atoms with Crippen LogP contribution in [0.5, 0.6) is 0 Å². The molecule has 0 saturated carbocycles. The van der Waals surface area contributed by atoms with Crippen molar-refractivity contribution in [3.05, 3.63) is 65.7 Å². The van der Waals surface area contributed by atoms with Crippen LogP contribution in [0.15, 0.2) is 54.6 Å². The van der Waals surface area contributed by atoms with E-state index in [1.54, 1.807) is 24.1 Å². The maximum atomic E-state index is 12.7. The Labute approximate surface area is 147 Å². The first-order chi connectivity index (χ1) is 12.0. The van der Waals surface area contributed by atoms with Crippen LogP contribution in [0.3, 0.4) is 0 Å². The van der Waals surface area contributed by atoms with Crippen LogP contribution in [0.2, 0.25) is 0 Å². The normalized spacial score (nSPS) is 19.0. The van der Waals surface area contributed by atoms with Gasteiger partial charge in [0.1, 0.15) is 6.04 Å². The van der Waals surface area contributed by atoms with Gasteiger partial charge in [-0.1, -0.05) is 60.2 Å². The highest BCUT2D eigenvalue weighted by Gasteiger charge is 2.38. The number of hydrogen-bond acceptors (Lipinski definition) is 5. The Morgan fingerprint density at radius 2 is 1.84 bits per heavy atom. The molecule has 128 valence electrons. The second kappa shape index (κ2) is 7.53. The van der Waals surface area contributed by atoms with E-state index in [1.807, 2.05) is 49.4 Å². The Bertz CT molecular complexity index is 765. The van der Waals surface area contributed by atoms with Crippen LogP contribution in [0.4, 0.5) is 0 Å². The van der Waals surface area contributed by atoms with Crippen LogP contribution in [0.25, 0.3) is 0 Å². The Hall–Kier alpha value is -2.60. The number of hydrogen-bond donors (Lipinski definition) is 0. The summed E-state index contributed by atoms with van der Waals surface area (Å²) in [5.41, 5.74) is 2.79. The summed E-state index contributed by atoms with van der Waals surface area (Å²) in [6, 6.07) is 16.4. The fraction of sp³-hybridized carbons (Fsp3) is 0.263. The molecule has 2 aromatic rings. The van der Waals surface area contributed by atoms with Gasteiger partial charge in [0.2, 0.25) is 0 Å². The Balaban J connectivity index is 1.83. The van der Waals surface area contributed by atoms with Crippen molar-refractivity contribution in [3.63, 3.8) is 0 Å². The zero-order valence-corrected chi connectivity index (χ0v) is 14.3. The highest BCUT2D eigenvalue weighted by Crippen LogP contribution is 2.14. The Morgan fingerprint density at radius 3 is 2.56 bits per heavy atom. The maximum Gasteiger partial charge on any atom is 0.636 e. The quantitative estimate of drug-likeness (QED) is 0.791. The zero-order valence-electron chi connectivity index (χ0n) is 14.3. The molecule has 0 bridgehead atoms. The molecule has 1 saturated heterocycles. The highest BCUT2D eigenvalue weighted by molar-refractivity contribution is 6.64. The summed E-state index contributed by atoms with van der Waals surface area (Å²) in [5.74, 6) is -0.816. The molecule has 3 rings (SSSR count). The molecule has 0 amide bonds. The van der Waals surface area contributed by atoms with Crippen molar-refractivity contribution in [2.24, 2.45) is 0 Å². The van der Waals surface area contributed by atoms with Gasteiger partial charge in [-0.2, -0.15) is 0 Å². The van der Waals surface area contributed by atoms with Crippen LogP contribution < -0.4 is 5.46 Å². The SMILES string of the molecule is Cc1cccc(C[C@H]2C(=O)OB(c3ccccc3)OC(=O)CN2C)c1. The Morgan fingerprint density at radius 1 is 1.08 bits per heavy atom. The topological polar surface area (TPSA) is 55.8 Å². The van der Waals surface area contributed by atoms with Crippen molar-refractivity contribution < 1.29 is 18.9 Å². The number of aryl methyl sites for hydroxylation is 1. The van der Waals surface area contributed by atoms with Crippen molar-refractivity contribution in [1.29, 1.82) is 0 Å². The predicted octanol–water partition coefficient (Wildman–Crippen LogP) is 1.33. The molecule has 1 aliphatic rings. The van der Waals surface area contributed by atoms with E-state index < -0.39 is 25.1 Å². The third-order valence-corrected chi connectivity index (χ3v) is 4.23. The van der Waals surface area contributed by atoms with Gasteiger partial charge < -0.3 is 9.31 Å². The van der Waals surface area contributed by atoms with Gasteiger partial charge in [-0.3, -0.25) is 14.5 Å². The van der Waals surface area contributed by atoms with E-state index in [4.69, 9.17) is 9.31 Å². The lowest BCUT2D eigenvalue weighted by Crippen LogP contribution is -2.53. The minimum absolute atomic E-state index is 0.0366. The van der Waals surface area contributed by atoms with Gasteiger partial charge in [-0.25, -0.2) is 0 Å². The first kappa shape index (κ1) is 17.2. The summed E-state index contributed by atoms with van der Waals surface area (Å²) in [6.45, 7) is 2.04. The predicted molar refractivity (Wildman–Crippen MR) is 95.3 cm³/mol. The first-order valence-corrected chi connectivity index (χ1v) is 8.23. The summed E-state index contributed by atoms with van der Waals surface area (Å²) >= 11 is 0. The first-order valence-electron chi connectivity index (χ1n) is 8.23. The summed E-state index contributed by atoms with van der Waals surface area (Å²) in [4.78, 5) is 26.5. The van der Waals surface area contributed by atoms with Gasteiger partial charge in [0.15, 0.2) is 0 Å². The van der Waals surface area contributed by atoms with Gasteiger partial charge in [-0.15, -0.1) is 0 Å². The van der Waals surface area contributed by atoms with Crippen LogP contribution in [-0.2, 0) is 25.3 Å². The molecule has 0 aliphatic carbocycles. The molecule has 0 spiro atoms. The molecule has 0 radical (unpaired) electrons. The molecule has 0 aromatic heterocycles. The summed E-state index contributed by atoms with van der Waals surface area (Å²) in [7, 11) is 0.723. The molecule has 1 atom stereocenters. The van der Waals surface area contributed by atoms with Gasteiger partial charge in [0.05, 0.1) is 6.54 Å². The second-order valence-electron chi connectivity index (χ2n) is 6.29. The van der Waals surface area contributed by atoms with Gasteiger partial charge >= 0.3 is 19.1 Å². The van der Waals surface area contributed by atoms with E-state index in [-0.39, 0.29) is 6.54 Å². The van der Waals surface area contributed by atoms with Crippen molar-refractivity contribution in [2.75, 3.05) is 13.6 Å². The standard InChI is InChI=1S/C19H20BNO4/c1-14-7-6-8-15(11-14)12-17-19(23)25-20(16-9-4-3-5-10-16)24-18(22)13-21(17)2/h3-11,17H,12-13H2,1-2H3/t17-/m0/s1. The van der Waals surface area contributed by atoms with E-state index in [0.717, 1.165) is 11.1 Å². The molecule has 5 nitrogen and oxygen atoms in total. The Kier molecular flexibility index (Phi) is 5.19. The summed E-state index contributed by atoms with van der Waals surface area (Å²) < 4.78 is 10.8. The number of carbonyl (C=O) groups is 2. The average Bonchev–Trinajstić information content (AvgIpc) is 2.59. The summed E-state index contributed by atoms with van der Waals surface area (Å²) in [5, 5.41) is 0. The minimum Gasteiger partial charge on any atom is -0.494 e. The van der Waals surface area contributed by atoms with E-state index in [1.165, 1.54) is 0 Å². The zero-order chi connectivity index (χ0) is 17.8. The molecule has 25 heavy (non-hydrogen) atoms. The molecule has 6 heteroatoms. The van der Waals surface area contributed by atoms with Crippen LogP contribution in [0, 0.1) is 6.92 Å². The fourth-order valence-electron chi connectivity index (χ4n) is 2.91. The molecule has 0 unspecified atom stereocenters. The molecule has 2 aromatic carbocycles. The molecular formula is C19H20BNO4. The lowest BCUT2D eigenvalue weighted by Gasteiger charge is -2.30. The monoisotopic (exact) mass is 337 g/mol.